The highest BCUT2D eigenvalue weighted by Crippen LogP contribution is 2.41. The number of amides is 1. The lowest BCUT2D eigenvalue weighted by Gasteiger charge is -2.35. The minimum absolute atomic E-state index is 0.176. The van der Waals surface area contributed by atoms with Crippen molar-refractivity contribution < 1.29 is 4.79 Å². The van der Waals surface area contributed by atoms with E-state index < -0.39 is 0 Å². The maximum Gasteiger partial charge on any atom is 0.230 e. The van der Waals surface area contributed by atoms with Gasteiger partial charge in [-0.2, -0.15) is 0 Å². The molecule has 1 aliphatic rings. The number of para-hydroxylation sites is 1. The number of hydrogen-bond donors (Lipinski definition) is 1. The number of benzene rings is 1. The van der Waals surface area contributed by atoms with Gasteiger partial charge in [-0.05, 0) is 37.8 Å². The van der Waals surface area contributed by atoms with Crippen molar-refractivity contribution in [3.8, 4) is 0 Å². The van der Waals surface area contributed by atoms with Crippen molar-refractivity contribution in [2.75, 3.05) is 5.32 Å². The zero-order valence-corrected chi connectivity index (χ0v) is 14.2. The molecule has 1 N–H and O–H groups in total. The van der Waals surface area contributed by atoms with Crippen LogP contribution in [0.1, 0.15) is 57.4 Å². The van der Waals surface area contributed by atoms with Crippen LogP contribution in [-0.4, -0.2) is 10.9 Å². The summed E-state index contributed by atoms with van der Waals surface area (Å²) in [5.74, 6) is 0.194. The quantitative estimate of drug-likeness (QED) is 0.840. The van der Waals surface area contributed by atoms with Crippen molar-refractivity contribution in [1.29, 1.82) is 0 Å². The SMILES string of the molecule is CCCC1(C(=O)Nc2cnc3ccccc3c2C)CCCCC1. The van der Waals surface area contributed by atoms with Gasteiger partial charge in [0.1, 0.15) is 0 Å². The van der Waals surface area contributed by atoms with Crippen LogP contribution >= 0.6 is 0 Å². The smallest absolute Gasteiger partial charge is 0.230 e. The Hall–Kier alpha value is -1.90. The van der Waals surface area contributed by atoms with Crippen molar-refractivity contribution >= 4 is 22.5 Å². The van der Waals surface area contributed by atoms with Gasteiger partial charge in [-0.1, -0.05) is 50.8 Å². The molecule has 0 atom stereocenters. The van der Waals surface area contributed by atoms with Crippen molar-refractivity contribution in [1.82, 2.24) is 4.98 Å². The van der Waals surface area contributed by atoms with Crippen molar-refractivity contribution in [3.63, 3.8) is 0 Å². The third-order valence-electron chi connectivity index (χ3n) is 5.31. The Morgan fingerprint density at radius 1 is 1.22 bits per heavy atom. The molecule has 0 aliphatic heterocycles. The fourth-order valence-electron chi connectivity index (χ4n) is 3.96. The molecule has 0 bridgehead atoms. The molecule has 1 aliphatic carbocycles. The number of aromatic nitrogens is 1. The number of nitrogens with one attached hydrogen (secondary N) is 1. The van der Waals surface area contributed by atoms with E-state index in [9.17, 15) is 4.79 Å². The maximum atomic E-state index is 13.0. The largest absolute Gasteiger partial charge is 0.324 e. The normalized spacial score (nSPS) is 17.1. The Balaban J connectivity index is 1.88. The molecule has 0 spiro atoms. The zero-order chi connectivity index (χ0) is 16.3. The van der Waals surface area contributed by atoms with Gasteiger partial charge in [-0.15, -0.1) is 0 Å². The molecule has 2 aromatic rings. The van der Waals surface area contributed by atoms with Gasteiger partial charge in [0.05, 0.1) is 17.4 Å². The van der Waals surface area contributed by atoms with E-state index >= 15 is 0 Å². The summed E-state index contributed by atoms with van der Waals surface area (Å²) in [5.41, 5.74) is 2.76. The van der Waals surface area contributed by atoms with E-state index in [1.807, 2.05) is 18.2 Å². The third kappa shape index (κ3) is 3.10. The van der Waals surface area contributed by atoms with Gasteiger partial charge in [0.25, 0.3) is 0 Å². The summed E-state index contributed by atoms with van der Waals surface area (Å²) in [5, 5.41) is 4.31. The molecule has 1 heterocycles. The fourth-order valence-corrected chi connectivity index (χ4v) is 3.96. The predicted molar refractivity (Wildman–Crippen MR) is 95.5 cm³/mol. The summed E-state index contributed by atoms with van der Waals surface area (Å²) in [7, 11) is 0. The molecule has 3 heteroatoms. The molecule has 1 saturated carbocycles. The summed E-state index contributed by atoms with van der Waals surface area (Å²) in [6.45, 7) is 4.24. The molecule has 0 unspecified atom stereocenters. The van der Waals surface area contributed by atoms with Gasteiger partial charge < -0.3 is 5.32 Å². The number of carbonyl (C=O) groups excluding carboxylic acids is 1. The summed E-state index contributed by atoms with van der Waals surface area (Å²) < 4.78 is 0. The average Bonchev–Trinajstić information content (AvgIpc) is 2.58. The van der Waals surface area contributed by atoms with Gasteiger partial charge in [0.2, 0.25) is 5.91 Å². The lowest BCUT2D eigenvalue weighted by molar-refractivity contribution is -0.128. The number of pyridine rings is 1. The fraction of sp³-hybridized carbons (Fsp3) is 0.500. The topological polar surface area (TPSA) is 42.0 Å². The molecule has 1 aromatic carbocycles. The van der Waals surface area contributed by atoms with Crippen LogP contribution in [0.5, 0.6) is 0 Å². The molecule has 122 valence electrons. The van der Waals surface area contributed by atoms with E-state index in [4.69, 9.17) is 0 Å². The Labute approximate surface area is 138 Å². The third-order valence-corrected chi connectivity index (χ3v) is 5.31. The Morgan fingerprint density at radius 2 is 1.96 bits per heavy atom. The average molecular weight is 310 g/mol. The Morgan fingerprint density at radius 3 is 2.70 bits per heavy atom. The van der Waals surface area contributed by atoms with Crippen LogP contribution in [0.15, 0.2) is 30.5 Å². The van der Waals surface area contributed by atoms with E-state index in [1.165, 1.54) is 19.3 Å². The summed E-state index contributed by atoms with van der Waals surface area (Å²) in [6, 6.07) is 8.08. The van der Waals surface area contributed by atoms with E-state index in [-0.39, 0.29) is 11.3 Å². The van der Waals surface area contributed by atoms with Gasteiger partial charge in [-0.3, -0.25) is 9.78 Å². The van der Waals surface area contributed by atoms with E-state index in [1.54, 1.807) is 6.20 Å². The molecular weight excluding hydrogens is 284 g/mol. The first kappa shape index (κ1) is 16.0. The molecule has 0 radical (unpaired) electrons. The lowest BCUT2D eigenvalue weighted by Crippen LogP contribution is -2.38. The van der Waals surface area contributed by atoms with Gasteiger partial charge in [0.15, 0.2) is 0 Å². The Bertz CT molecular complexity index is 696. The van der Waals surface area contributed by atoms with Crippen molar-refractivity contribution in [2.24, 2.45) is 5.41 Å². The highest BCUT2D eigenvalue weighted by Gasteiger charge is 2.38. The van der Waals surface area contributed by atoms with Crippen LogP contribution in [0.4, 0.5) is 5.69 Å². The maximum absolute atomic E-state index is 13.0. The molecular formula is C20H26N2O. The summed E-state index contributed by atoms with van der Waals surface area (Å²) in [6.07, 6.45) is 9.48. The number of nitrogens with zero attached hydrogens (tertiary/aromatic N) is 1. The van der Waals surface area contributed by atoms with Crippen molar-refractivity contribution in [3.05, 3.63) is 36.0 Å². The molecule has 1 amide bonds. The molecule has 0 saturated heterocycles. The van der Waals surface area contributed by atoms with Crippen LogP contribution < -0.4 is 5.32 Å². The number of aryl methyl sites for hydroxylation is 1. The number of rotatable bonds is 4. The Kier molecular flexibility index (Phi) is 4.65. The van der Waals surface area contributed by atoms with Crippen LogP contribution in [-0.2, 0) is 4.79 Å². The first-order valence-corrected chi connectivity index (χ1v) is 8.82. The minimum atomic E-state index is -0.176. The second-order valence-electron chi connectivity index (χ2n) is 6.86. The summed E-state index contributed by atoms with van der Waals surface area (Å²) >= 11 is 0. The van der Waals surface area contributed by atoms with Crippen LogP contribution in [0.3, 0.4) is 0 Å². The molecule has 3 rings (SSSR count). The number of anilines is 1. The van der Waals surface area contributed by atoms with Crippen molar-refractivity contribution in [2.45, 2.75) is 58.8 Å². The van der Waals surface area contributed by atoms with Gasteiger partial charge in [-0.25, -0.2) is 0 Å². The molecule has 1 fully saturated rings. The van der Waals surface area contributed by atoms with Gasteiger partial charge >= 0.3 is 0 Å². The number of fused-ring (bicyclic) bond motifs is 1. The first-order chi connectivity index (χ1) is 11.2. The van der Waals surface area contributed by atoms with E-state index in [0.29, 0.717) is 0 Å². The second kappa shape index (κ2) is 6.69. The van der Waals surface area contributed by atoms with Gasteiger partial charge in [0, 0.05) is 10.8 Å². The van der Waals surface area contributed by atoms with E-state index in [0.717, 1.165) is 47.8 Å². The van der Waals surface area contributed by atoms with Crippen LogP contribution in [0.2, 0.25) is 0 Å². The lowest BCUT2D eigenvalue weighted by atomic mass is 9.70. The second-order valence-corrected chi connectivity index (χ2v) is 6.86. The predicted octanol–water partition coefficient (Wildman–Crippen LogP) is 5.23. The van der Waals surface area contributed by atoms with Crippen LogP contribution in [0, 0.1) is 12.3 Å². The monoisotopic (exact) mass is 310 g/mol. The molecule has 1 aromatic heterocycles. The first-order valence-electron chi connectivity index (χ1n) is 8.82. The molecule has 23 heavy (non-hydrogen) atoms. The standard InChI is InChI=1S/C20H26N2O/c1-3-11-20(12-7-4-8-13-20)19(23)22-18-14-21-17-10-6-5-9-16(17)15(18)2/h5-6,9-10,14H,3-4,7-8,11-13H2,1-2H3,(H,22,23). The number of hydrogen-bond acceptors (Lipinski definition) is 2. The van der Waals surface area contributed by atoms with Crippen LogP contribution in [0.25, 0.3) is 10.9 Å². The highest BCUT2D eigenvalue weighted by atomic mass is 16.2. The molecule has 3 nitrogen and oxygen atoms in total. The van der Waals surface area contributed by atoms with E-state index in [2.05, 4.69) is 30.2 Å². The zero-order valence-electron chi connectivity index (χ0n) is 14.2. The highest BCUT2D eigenvalue weighted by molar-refractivity contribution is 5.98. The summed E-state index contributed by atoms with van der Waals surface area (Å²) in [4.78, 5) is 17.5. The number of carbonyl (C=O) groups is 1. The minimum Gasteiger partial charge on any atom is -0.324 e.